The van der Waals surface area contributed by atoms with Crippen LogP contribution in [0.5, 0.6) is 0 Å². The molecule has 0 spiro atoms. The number of hydrogen-bond donors (Lipinski definition) is 0. The van der Waals surface area contributed by atoms with Crippen molar-refractivity contribution in [1.82, 2.24) is 23.5 Å². The van der Waals surface area contributed by atoms with E-state index in [2.05, 4.69) is 135 Å². The fourth-order valence-corrected chi connectivity index (χ4v) is 7.18. The van der Waals surface area contributed by atoms with Gasteiger partial charge >= 0.3 is 0 Å². The molecule has 0 bridgehead atoms. The zero-order valence-corrected chi connectivity index (χ0v) is 23.0. The summed E-state index contributed by atoms with van der Waals surface area (Å²) in [5.41, 5.74) is 9.98. The summed E-state index contributed by atoms with van der Waals surface area (Å²) in [6, 6.07) is 43.5. The third-order valence-electron chi connectivity index (χ3n) is 8.91. The Hall–Kier alpha value is -5.94. The minimum atomic E-state index is 0.920. The van der Waals surface area contributed by atoms with Crippen molar-refractivity contribution < 1.29 is 0 Å². The van der Waals surface area contributed by atoms with Gasteiger partial charge in [-0.25, -0.2) is 4.98 Å². The standard InChI is InChI=1S/C38H23N5/c1-3-10-24(11-4-1)42-32-18-17-27-26-14-7-8-16-31(26)43(25-12-5-2-6-13-25)37(27)35(32)29-22-30-33(23-34(29)42)41-21-20-40-38(41)28-15-9-19-39-36(28)30/h1-23H. The van der Waals surface area contributed by atoms with Crippen LogP contribution in [0.15, 0.2) is 140 Å². The molecule has 200 valence electrons. The van der Waals surface area contributed by atoms with Gasteiger partial charge in [0.1, 0.15) is 5.65 Å². The predicted molar refractivity (Wildman–Crippen MR) is 177 cm³/mol. The second kappa shape index (κ2) is 8.30. The van der Waals surface area contributed by atoms with Crippen molar-refractivity contribution in [2.45, 2.75) is 0 Å². The van der Waals surface area contributed by atoms with E-state index in [0.717, 1.165) is 44.3 Å². The molecular formula is C38H23N5. The van der Waals surface area contributed by atoms with E-state index < -0.39 is 0 Å². The summed E-state index contributed by atoms with van der Waals surface area (Å²) in [7, 11) is 0. The Kier molecular flexibility index (Phi) is 4.39. The number of benzene rings is 5. The number of fused-ring (bicyclic) bond motifs is 13. The zero-order valence-electron chi connectivity index (χ0n) is 23.0. The maximum atomic E-state index is 4.89. The van der Waals surface area contributed by atoms with Gasteiger partial charge in [-0.2, -0.15) is 0 Å². The van der Waals surface area contributed by atoms with E-state index in [0.29, 0.717) is 0 Å². The van der Waals surface area contributed by atoms with E-state index in [1.54, 1.807) is 0 Å². The number of imidazole rings is 1. The summed E-state index contributed by atoms with van der Waals surface area (Å²) < 4.78 is 7.03. The van der Waals surface area contributed by atoms with E-state index in [1.165, 1.54) is 38.1 Å². The molecule has 0 radical (unpaired) electrons. The Morgan fingerprint density at radius 1 is 0.442 bits per heavy atom. The first-order valence-electron chi connectivity index (χ1n) is 14.5. The number of para-hydroxylation sites is 3. The smallest absolute Gasteiger partial charge is 0.146 e. The summed E-state index contributed by atoms with van der Waals surface area (Å²) in [5.74, 6) is 0. The minimum absolute atomic E-state index is 0.920. The van der Waals surface area contributed by atoms with E-state index in [9.17, 15) is 0 Å². The summed E-state index contributed by atoms with van der Waals surface area (Å²) in [6.45, 7) is 0. The van der Waals surface area contributed by atoms with Crippen LogP contribution in [-0.2, 0) is 0 Å². The molecule has 0 amide bonds. The molecule has 0 aliphatic heterocycles. The van der Waals surface area contributed by atoms with Gasteiger partial charge in [0.2, 0.25) is 0 Å². The topological polar surface area (TPSA) is 40.0 Å². The van der Waals surface area contributed by atoms with Crippen LogP contribution < -0.4 is 0 Å². The van der Waals surface area contributed by atoms with Crippen LogP contribution in [0, 0.1) is 0 Å². The summed E-state index contributed by atoms with van der Waals surface area (Å²) >= 11 is 0. The molecule has 5 heteroatoms. The van der Waals surface area contributed by atoms with E-state index in [4.69, 9.17) is 9.97 Å². The fourth-order valence-electron chi connectivity index (χ4n) is 7.18. The van der Waals surface area contributed by atoms with Crippen LogP contribution in [0.1, 0.15) is 0 Å². The minimum Gasteiger partial charge on any atom is -0.309 e. The molecule has 0 saturated heterocycles. The number of aromatic nitrogens is 5. The third kappa shape index (κ3) is 2.95. The molecule has 0 N–H and O–H groups in total. The van der Waals surface area contributed by atoms with Gasteiger partial charge in [-0.1, -0.05) is 60.7 Å². The number of pyridine rings is 2. The highest BCUT2D eigenvalue weighted by Gasteiger charge is 2.22. The molecule has 5 nitrogen and oxygen atoms in total. The first kappa shape index (κ1) is 22.7. The Bertz CT molecular complexity index is 2710. The largest absolute Gasteiger partial charge is 0.309 e. The highest BCUT2D eigenvalue weighted by atomic mass is 15.0. The zero-order chi connectivity index (χ0) is 28.1. The normalized spacial score (nSPS) is 12.2. The van der Waals surface area contributed by atoms with Crippen LogP contribution in [0.3, 0.4) is 0 Å². The van der Waals surface area contributed by atoms with Crippen molar-refractivity contribution >= 4 is 71.1 Å². The fraction of sp³-hybridized carbons (Fsp3) is 0. The SMILES string of the molecule is c1ccc(-n2c3cc4c(cc3c3c2ccc2c5ccccc5n(-c5ccccc5)c23)c2ncccc2c2nccn42)cc1. The van der Waals surface area contributed by atoms with Gasteiger partial charge in [0.25, 0.3) is 0 Å². The Labute approximate surface area is 245 Å². The van der Waals surface area contributed by atoms with Crippen LogP contribution in [0.25, 0.3) is 82.4 Å². The molecule has 5 heterocycles. The van der Waals surface area contributed by atoms with Gasteiger partial charge in [-0.05, 0) is 60.7 Å². The summed E-state index contributed by atoms with van der Waals surface area (Å²) in [6.07, 6.45) is 5.81. The molecular weight excluding hydrogens is 526 g/mol. The van der Waals surface area contributed by atoms with Crippen molar-refractivity contribution in [2.24, 2.45) is 0 Å². The molecule has 0 aliphatic rings. The van der Waals surface area contributed by atoms with Crippen molar-refractivity contribution in [3.05, 3.63) is 140 Å². The van der Waals surface area contributed by atoms with E-state index in [-0.39, 0.29) is 0 Å². The molecule has 0 saturated carbocycles. The molecule has 10 aromatic rings. The Morgan fingerprint density at radius 2 is 1.19 bits per heavy atom. The van der Waals surface area contributed by atoms with Crippen molar-refractivity contribution in [2.75, 3.05) is 0 Å². The Balaban J connectivity index is 1.51. The lowest BCUT2D eigenvalue weighted by atomic mass is 10.0. The lowest BCUT2D eigenvalue weighted by molar-refractivity contribution is 1.17. The third-order valence-corrected chi connectivity index (χ3v) is 8.91. The maximum Gasteiger partial charge on any atom is 0.146 e. The predicted octanol–water partition coefficient (Wildman–Crippen LogP) is 9.23. The second-order valence-corrected chi connectivity index (χ2v) is 11.1. The molecule has 0 fully saturated rings. The van der Waals surface area contributed by atoms with Crippen LogP contribution >= 0.6 is 0 Å². The summed E-state index contributed by atoms with van der Waals surface area (Å²) in [5, 5.41) is 7.08. The average Bonchev–Trinajstić information content (AvgIpc) is 3.78. The first-order valence-corrected chi connectivity index (χ1v) is 14.5. The van der Waals surface area contributed by atoms with Crippen LogP contribution in [0.4, 0.5) is 0 Å². The van der Waals surface area contributed by atoms with Crippen molar-refractivity contribution in [1.29, 1.82) is 0 Å². The Morgan fingerprint density at radius 3 is 2.02 bits per heavy atom. The number of rotatable bonds is 2. The van der Waals surface area contributed by atoms with Gasteiger partial charge < -0.3 is 9.13 Å². The highest BCUT2D eigenvalue weighted by molar-refractivity contribution is 6.28. The molecule has 5 aromatic heterocycles. The second-order valence-electron chi connectivity index (χ2n) is 11.1. The monoisotopic (exact) mass is 549 g/mol. The van der Waals surface area contributed by atoms with Crippen molar-refractivity contribution in [3.63, 3.8) is 0 Å². The van der Waals surface area contributed by atoms with E-state index >= 15 is 0 Å². The molecule has 0 aliphatic carbocycles. The molecule has 5 aromatic carbocycles. The van der Waals surface area contributed by atoms with Crippen molar-refractivity contribution in [3.8, 4) is 11.4 Å². The summed E-state index contributed by atoms with van der Waals surface area (Å²) in [4.78, 5) is 9.61. The van der Waals surface area contributed by atoms with Gasteiger partial charge in [0.05, 0.1) is 33.1 Å². The first-order chi connectivity index (χ1) is 21.4. The van der Waals surface area contributed by atoms with Gasteiger partial charge in [-0.3, -0.25) is 9.38 Å². The average molecular weight is 550 g/mol. The quantitative estimate of drug-likeness (QED) is 0.202. The van der Waals surface area contributed by atoms with Gasteiger partial charge in [0, 0.05) is 62.3 Å². The molecule has 0 unspecified atom stereocenters. The molecule has 43 heavy (non-hydrogen) atoms. The number of nitrogens with zero attached hydrogens (tertiary/aromatic N) is 5. The maximum absolute atomic E-state index is 4.89. The highest BCUT2D eigenvalue weighted by Crippen LogP contribution is 2.43. The van der Waals surface area contributed by atoms with Gasteiger partial charge in [0.15, 0.2) is 0 Å². The number of hydrogen-bond acceptors (Lipinski definition) is 2. The lowest BCUT2D eigenvalue weighted by Crippen LogP contribution is -1.95. The molecule has 10 rings (SSSR count). The lowest BCUT2D eigenvalue weighted by Gasteiger charge is -2.10. The van der Waals surface area contributed by atoms with Gasteiger partial charge in [-0.15, -0.1) is 0 Å². The molecule has 0 atom stereocenters. The van der Waals surface area contributed by atoms with E-state index in [1.807, 2.05) is 18.5 Å². The van der Waals surface area contributed by atoms with Crippen LogP contribution in [-0.4, -0.2) is 23.5 Å². The van der Waals surface area contributed by atoms with Crippen LogP contribution in [0.2, 0.25) is 0 Å².